The molecule has 43 heavy (non-hydrogen) atoms. The van der Waals surface area contributed by atoms with Crippen LogP contribution >= 0.6 is 23.2 Å². The SMILES string of the molecule is COc1cc(N2CN3C(C2=O)C(c2cccc(Cl)c2F)C2(C(=O)Nc4cc(Cl)ccc42)C3CC(C)(C)C)ccc1C(N)=O. The smallest absolute Gasteiger partial charge is 0.252 e. The molecule has 3 heterocycles. The number of benzene rings is 3. The summed E-state index contributed by atoms with van der Waals surface area (Å²) < 4.78 is 21.5. The summed E-state index contributed by atoms with van der Waals surface area (Å²) in [7, 11) is 1.42. The zero-order chi connectivity index (χ0) is 31.0. The molecule has 3 N–H and O–H groups in total. The third kappa shape index (κ3) is 4.39. The molecule has 0 aliphatic carbocycles. The summed E-state index contributed by atoms with van der Waals surface area (Å²) in [5.74, 6) is -2.66. The minimum atomic E-state index is -1.32. The van der Waals surface area contributed by atoms with Crippen LogP contribution < -0.4 is 20.7 Å². The van der Waals surface area contributed by atoms with Gasteiger partial charge in [0.15, 0.2) is 0 Å². The van der Waals surface area contributed by atoms with Crippen LogP contribution in [-0.4, -0.2) is 48.5 Å². The number of nitrogens with zero attached hydrogens (tertiary/aromatic N) is 2. The predicted molar refractivity (Wildman–Crippen MR) is 163 cm³/mol. The van der Waals surface area contributed by atoms with E-state index in [1.165, 1.54) is 19.2 Å². The van der Waals surface area contributed by atoms with Gasteiger partial charge in [-0.25, -0.2) is 4.39 Å². The molecule has 1 spiro atoms. The Balaban J connectivity index is 1.59. The monoisotopic (exact) mass is 624 g/mol. The van der Waals surface area contributed by atoms with E-state index in [1.807, 2.05) is 4.90 Å². The lowest BCUT2D eigenvalue weighted by Crippen LogP contribution is -2.52. The van der Waals surface area contributed by atoms with Gasteiger partial charge in [0.1, 0.15) is 17.0 Å². The molecule has 3 aromatic rings. The highest BCUT2D eigenvalue weighted by atomic mass is 35.5. The minimum Gasteiger partial charge on any atom is -0.496 e. The molecule has 0 aromatic heterocycles. The lowest BCUT2D eigenvalue weighted by molar-refractivity contribution is -0.122. The number of methoxy groups -OCH3 is 1. The van der Waals surface area contributed by atoms with Gasteiger partial charge in [-0.15, -0.1) is 0 Å². The van der Waals surface area contributed by atoms with Crippen molar-refractivity contribution in [3.05, 3.63) is 87.2 Å². The Morgan fingerprint density at radius 1 is 1.14 bits per heavy atom. The first-order valence-corrected chi connectivity index (χ1v) is 14.7. The van der Waals surface area contributed by atoms with Crippen LogP contribution in [0.15, 0.2) is 54.6 Å². The fourth-order valence-electron chi connectivity index (χ4n) is 7.23. The summed E-state index contributed by atoms with van der Waals surface area (Å²) in [5.41, 5.74) is 5.98. The quantitative estimate of drug-likeness (QED) is 0.378. The normalized spacial score (nSPS) is 24.8. The zero-order valence-corrected chi connectivity index (χ0v) is 25.6. The van der Waals surface area contributed by atoms with Gasteiger partial charge in [0.25, 0.3) is 5.91 Å². The van der Waals surface area contributed by atoms with Crippen LogP contribution in [0.3, 0.4) is 0 Å². The number of ether oxygens (including phenoxy) is 1. The molecular formula is C32H31Cl2FN4O4. The molecule has 2 fully saturated rings. The van der Waals surface area contributed by atoms with Crippen molar-refractivity contribution in [2.24, 2.45) is 11.1 Å². The molecule has 0 saturated carbocycles. The van der Waals surface area contributed by atoms with Crippen molar-refractivity contribution in [1.82, 2.24) is 4.90 Å². The first kappa shape index (κ1) is 29.4. The number of hydrogen-bond donors (Lipinski definition) is 2. The Hall–Kier alpha value is -3.66. The molecule has 0 radical (unpaired) electrons. The van der Waals surface area contributed by atoms with Gasteiger partial charge in [-0.2, -0.15) is 0 Å². The second-order valence-electron chi connectivity index (χ2n) is 12.5. The first-order valence-electron chi connectivity index (χ1n) is 13.9. The fraction of sp³-hybridized carbons (Fsp3) is 0.344. The van der Waals surface area contributed by atoms with E-state index in [1.54, 1.807) is 47.4 Å². The molecule has 4 atom stereocenters. The Labute approximate surface area is 258 Å². The van der Waals surface area contributed by atoms with Gasteiger partial charge in [0.05, 0.1) is 30.4 Å². The highest BCUT2D eigenvalue weighted by Gasteiger charge is 2.71. The number of nitrogens with one attached hydrogen (secondary N) is 1. The summed E-state index contributed by atoms with van der Waals surface area (Å²) >= 11 is 12.6. The number of fused-ring (bicyclic) bond motifs is 3. The molecule has 3 aromatic carbocycles. The average molecular weight is 626 g/mol. The number of rotatable bonds is 5. The maximum Gasteiger partial charge on any atom is 0.252 e. The molecule has 3 aliphatic heterocycles. The summed E-state index contributed by atoms with van der Waals surface area (Å²) in [6.07, 6.45) is 0.517. The number of nitrogens with two attached hydrogens (primary N) is 1. The van der Waals surface area contributed by atoms with Crippen LogP contribution in [0.1, 0.15) is 54.6 Å². The highest BCUT2D eigenvalue weighted by Crippen LogP contribution is 2.61. The summed E-state index contributed by atoms with van der Waals surface area (Å²) in [5, 5.41) is 3.36. The number of carbonyl (C=O) groups is 3. The number of anilines is 2. The maximum atomic E-state index is 16.1. The van der Waals surface area contributed by atoms with E-state index < -0.39 is 35.1 Å². The van der Waals surface area contributed by atoms with E-state index in [0.717, 1.165) is 0 Å². The molecule has 11 heteroatoms. The Morgan fingerprint density at radius 3 is 2.56 bits per heavy atom. The number of hydrogen-bond acceptors (Lipinski definition) is 5. The minimum absolute atomic E-state index is 0.0951. The van der Waals surface area contributed by atoms with E-state index >= 15 is 4.39 Å². The van der Waals surface area contributed by atoms with Crippen molar-refractivity contribution in [1.29, 1.82) is 0 Å². The summed E-state index contributed by atoms with van der Waals surface area (Å²) in [4.78, 5) is 44.5. The molecule has 224 valence electrons. The van der Waals surface area contributed by atoms with E-state index in [-0.39, 0.29) is 45.8 Å². The molecule has 6 rings (SSSR count). The molecule has 8 nitrogen and oxygen atoms in total. The molecule has 2 saturated heterocycles. The van der Waals surface area contributed by atoms with E-state index in [9.17, 15) is 14.4 Å². The van der Waals surface area contributed by atoms with E-state index in [0.29, 0.717) is 28.4 Å². The number of amides is 3. The molecule has 3 amide bonds. The van der Waals surface area contributed by atoms with Gasteiger partial charge >= 0.3 is 0 Å². The molecule has 3 aliphatic rings. The fourth-order valence-corrected chi connectivity index (χ4v) is 7.58. The van der Waals surface area contributed by atoms with E-state index in [4.69, 9.17) is 33.7 Å². The van der Waals surface area contributed by atoms with Crippen molar-refractivity contribution in [2.75, 3.05) is 24.0 Å². The maximum absolute atomic E-state index is 16.1. The largest absolute Gasteiger partial charge is 0.496 e. The molecular weight excluding hydrogens is 594 g/mol. The second kappa shape index (κ2) is 10.2. The Kier molecular flexibility index (Phi) is 6.99. The standard InChI is InChI=1S/C32H31Cl2FN4O4/c1-31(2,3)14-24-32(20-11-8-16(33)12-22(20)37-30(32)42)25(19-6-5-7-21(34)26(19)35)27-29(41)38(15-39(24)27)17-9-10-18(28(36)40)23(13-17)43-4/h5-13,24-25,27H,14-15H2,1-4H3,(H2,36,40)(H,37,42). The lowest BCUT2D eigenvalue weighted by Gasteiger charge is -2.40. The lowest BCUT2D eigenvalue weighted by atomic mass is 9.62. The molecule has 4 unspecified atom stereocenters. The Morgan fingerprint density at radius 2 is 1.88 bits per heavy atom. The summed E-state index contributed by atoms with van der Waals surface area (Å²) in [6, 6.07) is 13.2. The van der Waals surface area contributed by atoms with Crippen molar-refractivity contribution in [3.8, 4) is 5.75 Å². The van der Waals surface area contributed by atoms with Crippen LogP contribution in [0.5, 0.6) is 5.75 Å². The first-order chi connectivity index (χ1) is 20.3. The summed E-state index contributed by atoms with van der Waals surface area (Å²) in [6.45, 7) is 6.34. The van der Waals surface area contributed by atoms with Crippen LogP contribution in [-0.2, 0) is 15.0 Å². The Bertz CT molecular complexity index is 1690. The predicted octanol–water partition coefficient (Wildman–Crippen LogP) is 5.71. The second-order valence-corrected chi connectivity index (χ2v) is 13.4. The van der Waals surface area contributed by atoms with Gasteiger partial charge < -0.3 is 15.8 Å². The van der Waals surface area contributed by atoms with Crippen LogP contribution in [0.2, 0.25) is 10.0 Å². The van der Waals surface area contributed by atoms with Crippen molar-refractivity contribution >= 4 is 52.3 Å². The van der Waals surface area contributed by atoms with Gasteiger partial charge in [-0.1, -0.05) is 62.2 Å². The van der Waals surface area contributed by atoms with Crippen molar-refractivity contribution < 1.29 is 23.5 Å². The third-order valence-corrected chi connectivity index (χ3v) is 9.38. The number of carbonyl (C=O) groups excluding carboxylic acids is 3. The van der Waals surface area contributed by atoms with Crippen molar-refractivity contribution in [3.63, 3.8) is 0 Å². The number of primary amides is 1. The number of halogens is 3. The third-order valence-electron chi connectivity index (χ3n) is 8.85. The highest BCUT2D eigenvalue weighted by molar-refractivity contribution is 6.31. The zero-order valence-electron chi connectivity index (χ0n) is 24.1. The van der Waals surface area contributed by atoms with Gasteiger partial charge in [0.2, 0.25) is 11.8 Å². The van der Waals surface area contributed by atoms with Crippen LogP contribution in [0.25, 0.3) is 0 Å². The van der Waals surface area contributed by atoms with E-state index in [2.05, 4.69) is 26.1 Å². The average Bonchev–Trinajstić information content (AvgIpc) is 3.52. The van der Waals surface area contributed by atoms with Crippen LogP contribution in [0.4, 0.5) is 15.8 Å². The van der Waals surface area contributed by atoms with Gasteiger partial charge in [0, 0.05) is 34.4 Å². The van der Waals surface area contributed by atoms with Gasteiger partial charge in [-0.3, -0.25) is 24.2 Å². The van der Waals surface area contributed by atoms with Gasteiger partial charge in [-0.05, 0) is 53.3 Å². The van der Waals surface area contributed by atoms with Crippen molar-refractivity contribution in [2.45, 2.75) is 50.6 Å². The molecule has 0 bridgehead atoms. The van der Waals surface area contributed by atoms with Crippen LogP contribution in [0, 0.1) is 11.2 Å². The topological polar surface area (TPSA) is 105 Å².